The summed E-state index contributed by atoms with van der Waals surface area (Å²) in [4.78, 5) is 0. The van der Waals surface area contributed by atoms with Crippen molar-refractivity contribution < 1.29 is 0 Å². The van der Waals surface area contributed by atoms with Crippen molar-refractivity contribution in [2.45, 2.75) is 32.7 Å². The number of aromatic nitrogens is 1. The third kappa shape index (κ3) is 1.41. The predicted octanol–water partition coefficient (Wildman–Crippen LogP) is 2.65. The summed E-state index contributed by atoms with van der Waals surface area (Å²) >= 11 is 0. The van der Waals surface area contributed by atoms with Crippen LogP contribution < -0.4 is 0 Å². The summed E-state index contributed by atoms with van der Waals surface area (Å²) in [5.74, 6) is 0. The van der Waals surface area contributed by atoms with Crippen molar-refractivity contribution in [2.75, 3.05) is 0 Å². The maximum absolute atomic E-state index is 3.16. The van der Waals surface area contributed by atoms with Crippen LogP contribution in [0.5, 0.6) is 0 Å². The first-order valence-electron chi connectivity index (χ1n) is 3.93. The molecule has 0 fully saturated rings. The van der Waals surface area contributed by atoms with E-state index < -0.39 is 0 Å². The van der Waals surface area contributed by atoms with Crippen LogP contribution in [0.3, 0.4) is 0 Å². The number of hydrogen-bond donors (Lipinski definition) is 0. The molecular weight excluding hydrogens is 122 g/mol. The number of nitrogens with zero attached hydrogens (tertiary/aromatic N) is 1. The van der Waals surface area contributed by atoms with Gasteiger partial charge in [-0.25, -0.2) is 0 Å². The van der Waals surface area contributed by atoms with Gasteiger partial charge < -0.3 is 4.57 Å². The molecule has 1 rings (SSSR count). The molecular formula is C9H14N. The van der Waals surface area contributed by atoms with E-state index in [2.05, 4.69) is 30.8 Å². The maximum Gasteiger partial charge on any atom is 0.0650 e. The first-order valence-corrected chi connectivity index (χ1v) is 3.93. The molecule has 0 atom stereocenters. The minimum absolute atomic E-state index is 0.648. The highest BCUT2D eigenvalue weighted by Crippen LogP contribution is 2.13. The Morgan fingerprint density at radius 1 is 1.40 bits per heavy atom. The third-order valence-electron chi connectivity index (χ3n) is 1.90. The molecule has 0 spiro atoms. The van der Waals surface area contributed by atoms with Crippen LogP contribution in [-0.2, 0) is 0 Å². The largest absolute Gasteiger partial charge is 0.343 e. The average molecular weight is 136 g/mol. The molecule has 0 N–H and O–H groups in total. The lowest BCUT2D eigenvalue weighted by Crippen LogP contribution is -2.03. The first kappa shape index (κ1) is 7.39. The predicted molar refractivity (Wildman–Crippen MR) is 42.9 cm³/mol. The Kier molecular flexibility index (Phi) is 2.55. The van der Waals surface area contributed by atoms with Crippen molar-refractivity contribution in [3.05, 3.63) is 24.5 Å². The monoisotopic (exact) mass is 136 g/mol. The molecule has 0 amide bonds. The second-order valence-electron chi connectivity index (χ2n) is 2.51. The Bertz CT molecular complexity index is 161. The summed E-state index contributed by atoms with van der Waals surface area (Å²) in [6.45, 7) is 4.42. The summed E-state index contributed by atoms with van der Waals surface area (Å²) in [6.07, 6.45) is 7.63. The molecule has 1 aromatic rings. The van der Waals surface area contributed by atoms with Crippen LogP contribution >= 0.6 is 0 Å². The molecule has 0 aliphatic carbocycles. The first-order chi connectivity index (χ1) is 4.88. The second-order valence-corrected chi connectivity index (χ2v) is 2.51. The van der Waals surface area contributed by atoms with Crippen molar-refractivity contribution in [1.82, 2.24) is 4.57 Å². The van der Waals surface area contributed by atoms with E-state index in [1.807, 2.05) is 12.1 Å². The van der Waals surface area contributed by atoms with Crippen molar-refractivity contribution >= 4 is 0 Å². The van der Waals surface area contributed by atoms with Crippen LogP contribution in [0, 0.1) is 6.20 Å². The third-order valence-corrected chi connectivity index (χ3v) is 1.90. The fraction of sp³-hybridized carbons (Fsp3) is 0.556. The normalized spacial score (nSPS) is 10.7. The van der Waals surface area contributed by atoms with Gasteiger partial charge in [-0.3, -0.25) is 0 Å². The Balaban J connectivity index is 2.64. The minimum atomic E-state index is 0.648. The van der Waals surface area contributed by atoms with Crippen LogP contribution in [-0.4, -0.2) is 4.57 Å². The lowest BCUT2D eigenvalue weighted by atomic mass is 10.2. The summed E-state index contributed by atoms with van der Waals surface area (Å²) in [5, 5.41) is 0. The lowest BCUT2D eigenvalue weighted by molar-refractivity contribution is 0.471. The molecule has 1 heteroatoms. The number of hydrogen-bond acceptors (Lipinski definition) is 0. The Hall–Kier alpha value is -0.720. The highest BCUT2D eigenvalue weighted by Gasteiger charge is 2.02. The number of rotatable bonds is 3. The standard InChI is InChI=1S/C9H14N/c1-3-9(4-2)10-7-5-6-8-10/h5-7,9H,3-4H2,1-2H3. The van der Waals surface area contributed by atoms with Gasteiger partial charge in [-0.1, -0.05) is 13.8 Å². The molecule has 1 radical (unpaired) electrons. The molecule has 10 heavy (non-hydrogen) atoms. The zero-order chi connectivity index (χ0) is 7.40. The SMILES string of the molecule is CCC(CC)n1[c]ccc1. The van der Waals surface area contributed by atoms with E-state index >= 15 is 0 Å². The minimum Gasteiger partial charge on any atom is -0.343 e. The van der Waals surface area contributed by atoms with Crippen molar-refractivity contribution in [1.29, 1.82) is 0 Å². The van der Waals surface area contributed by atoms with Gasteiger partial charge in [0.05, 0.1) is 6.20 Å². The smallest absolute Gasteiger partial charge is 0.0650 e. The molecule has 1 nitrogen and oxygen atoms in total. The van der Waals surface area contributed by atoms with E-state index in [9.17, 15) is 0 Å². The summed E-state index contributed by atoms with van der Waals surface area (Å²) in [5.41, 5.74) is 0. The maximum atomic E-state index is 3.16. The van der Waals surface area contributed by atoms with Gasteiger partial charge in [-0.15, -0.1) is 0 Å². The molecule has 0 aliphatic rings. The van der Waals surface area contributed by atoms with Gasteiger partial charge in [0.15, 0.2) is 0 Å². The van der Waals surface area contributed by atoms with Crippen molar-refractivity contribution in [3.63, 3.8) is 0 Å². The van der Waals surface area contributed by atoms with Gasteiger partial charge in [-0.2, -0.15) is 0 Å². The highest BCUT2D eigenvalue weighted by atomic mass is 15.0. The van der Waals surface area contributed by atoms with E-state index in [-0.39, 0.29) is 0 Å². The quantitative estimate of drug-likeness (QED) is 0.602. The van der Waals surface area contributed by atoms with Gasteiger partial charge in [0.25, 0.3) is 0 Å². The molecule has 1 aromatic heterocycles. The summed E-state index contributed by atoms with van der Waals surface area (Å²) in [7, 11) is 0. The zero-order valence-electron chi connectivity index (χ0n) is 6.67. The molecule has 0 aromatic carbocycles. The van der Waals surface area contributed by atoms with E-state index in [1.54, 1.807) is 0 Å². The van der Waals surface area contributed by atoms with Crippen LogP contribution in [0.15, 0.2) is 18.3 Å². The summed E-state index contributed by atoms with van der Waals surface area (Å²) in [6, 6.07) is 4.63. The van der Waals surface area contributed by atoms with E-state index in [0.29, 0.717) is 6.04 Å². The van der Waals surface area contributed by atoms with Gasteiger partial charge in [0, 0.05) is 12.2 Å². The fourth-order valence-corrected chi connectivity index (χ4v) is 1.22. The Morgan fingerprint density at radius 2 is 2.10 bits per heavy atom. The highest BCUT2D eigenvalue weighted by molar-refractivity contribution is 4.90. The Labute approximate surface area is 62.7 Å². The topological polar surface area (TPSA) is 4.93 Å². The second kappa shape index (κ2) is 3.45. The lowest BCUT2D eigenvalue weighted by Gasteiger charge is -2.13. The van der Waals surface area contributed by atoms with Crippen molar-refractivity contribution in [3.8, 4) is 0 Å². The molecule has 1 heterocycles. The van der Waals surface area contributed by atoms with E-state index in [4.69, 9.17) is 0 Å². The summed E-state index contributed by atoms with van der Waals surface area (Å²) < 4.78 is 2.15. The van der Waals surface area contributed by atoms with Gasteiger partial charge in [-0.05, 0) is 25.0 Å². The molecule has 0 bridgehead atoms. The zero-order valence-corrected chi connectivity index (χ0v) is 6.67. The van der Waals surface area contributed by atoms with Gasteiger partial charge in [0.2, 0.25) is 0 Å². The van der Waals surface area contributed by atoms with Crippen LogP contribution in [0.25, 0.3) is 0 Å². The molecule has 0 saturated heterocycles. The Morgan fingerprint density at radius 3 is 2.50 bits per heavy atom. The molecule has 0 unspecified atom stereocenters. The molecule has 0 aliphatic heterocycles. The van der Waals surface area contributed by atoms with Crippen LogP contribution in [0.2, 0.25) is 0 Å². The average Bonchev–Trinajstić information content (AvgIpc) is 2.43. The van der Waals surface area contributed by atoms with Gasteiger partial charge in [0.1, 0.15) is 0 Å². The van der Waals surface area contributed by atoms with Crippen LogP contribution in [0.1, 0.15) is 32.7 Å². The molecule has 55 valence electrons. The van der Waals surface area contributed by atoms with Crippen molar-refractivity contribution in [2.24, 2.45) is 0 Å². The van der Waals surface area contributed by atoms with E-state index in [1.165, 1.54) is 12.8 Å². The molecule has 0 saturated carbocycles. The fourth-order valence-electron chi connectivity index (χ4n) is 1.22. The van der Waals surface area contributed by atoms with Crippen LogP contribution in [0.4, 0.5) is 0 Å². The van der Waals surface area contributed by atoms with Gasteiger partial charge >= 0.3 is 0 Å². The van der Waals surface area contributed by atoms with E-state index in [0.717, 1.165) is 0 Å².